The zero-order chi connectivity index (χ0) is 20.4. The van der Waals surface area contributed by atoms with E-state index in [1.807, 2.05) is 42.5 Å². The summed E-state index contributed by atoms with van der Waals surface area (Å²) in [5.41, 5.74) is 9.80. The summed E-state index contributed by atoms with van der Waals surface area (Å²) in [6.45, 7) is 4.77. The molecule has 5 nitrogen and oxygen atoms in total. The molecule has 2 heterocycles. The van der Waals surface area contributed by atoms with Gasteiger partial charge >= 0.3 is 0 Å². The third kappa shape index (κ3) is 4.41. The molecule has 3 N–H and O–H groups in total. The quantitative estimate of drug-likeness (QED) is 0.609. The first-order valence-electron chi connectivity index (χ1n) is 9.70. The van der Waals surface area contributed by atoms with Crippen LogP contribution in [0.25, 0.3) is 11.1 Å². The molecule has 0 bridgehead atoms. The number of nitrogens with one attached hydrogen (secondary N) is 1. The van der Waals surface area contributed by atoms with Gasteiger partial charge in [0.1, 0.15) is 5.00 Å². The first-order valence-corrected chi connectivity index (χ1v) is 10.5. The van der Waals surface area contributed by atoms with Gasteiger partial charge < -0.3 is 11.1 Å². The summed E-state index contributed by atoms with van der Waals surface area (Å²) in [6, 6.07) is 17.5. The minimum atomic E-state index is -0.484. The fraction of sp³-hybridized carbons (Fsp3) is 0.217. The molecule has 30 heavy (non-hydrogen) atoms. The molecule has 156 valence electrons. The SMILES string of the molecule is CCN1CCc2c(sc(NC(=O)c3ccc(-c4ccccc4)cc3)c2C(N)=O)C1.Cl. The van der Waals surface area contributed by atoms with E-state index < -0.39 is 5.91 Å². The number of hydrogen-bond donors (Lipinski definition) is 2. The van der Waals surface area contributed by atoms with E-state index in [0.717, 1.165) is 47.6 Å². The monoisotopic (exact) mass is 441 g/mol. The highest BCUT2D eigenvalue weighted by atomic mass is 35.5. The van der Waals surface area contributed by atoms with E-state index in [4.69, 9.17) is 5.73 Å². The van der Waals surface area contributed by atoms with Gasteiger partial charge in [-0.25, -0.2) is 0 Å². The molecule has 3 aromatic rings. The number of likely N-dealkylation sites (N-methyl/N-ethyl adjacent to an activating group) is 1. The molecular formula is C23H24ClN3O2S. The normalized spacial score (nSPS) is 13.2. The van der Waals surface area contributed by atoms with Gasteiger partial charge in [-0.1, -0.05) is 49.4 Å². The summed E-state index contributed by atoms with van der Waals surface area (Å²) in [5, 5.41) is 3.47. The van der Waals surface area contributed by atoms with Crippen molar-refractivity contribution in [2.75, 3.05) is 18.4 Å². The summed E-state index contributed by atoms with van der Waals surface area (Å²) in [7, 11) is 0. The molecule has 4 rings (SSSR count). The van der Waals surface area contributed by atoms with Crippen LogP contribution in [0.1, 0.15) is 38.1 Å². The Labute approximate surface area is 186 Å². The third-order valence-electron chi connectivity index (χ3n) is 5.31. The van der Waals surface area contributed by atoms with Crippen LogP contribution in [0, 0.1) is 0 Å². The lowest BCUT2D eigenvalue weighted by Gasteiger charge is -2.25. The number of anilines is 1. The summed E-state index contributed by atoms with van der Waals surface area (Å²) in [5.74, 6) is -0.722. The number of nitrogens with two attached hydrogens (primary N) is 1. The van der Waals surface area contributed by atoms with Crippen molar-refractivity contribution in [2.45, 2.75) is 19.9 Å². The summed E-state index contributed by atoms with van der Waals surface area (Å²) >= 11 is 1.46. The van der Waals surface area contributed by atoms with Gasteiger partial charge in [0.25, 0.3) is 11.8 Å². The molecule has 0 radical (unpaired) electrons. The van der Waals surface area contributed by atoms with Gasteiger partial charge in [-0.3, -0.25) is 14.5 Å². The van der Waals surface area contributed by atoms with Crippen molar-refractivity contribution in [3.05, 3.63) is 76.2 Å². The van der Waals surface area contributed by atoms with Crippen LogP contribution in [-0.4, -0.2) is 29.8 Å². The van der Waals surface area contributed by atoms with Gasteiger partial charge in [0.15, 0.2) is 0 Å². The standard InChI is InChI=1S/C23H23N3O2S.ClH/c1-2-26-13-12-18-19(14-26)29-23(20(18)21(24)27)25-22(28)17-10-8-16(9-11-17)15-6-4-3-5-7-15;/h3-11H,2,12-14H2,1H3,(H2,24,27)(H,25,28);1H. The van der Waals surface area contributed by atoms with Crippen molar-refractivity contribution in [3.63, 3.8) is 0 Å². The topological polar surface area (TPSA) is 75.4 Å². The minimum Gasteiger partial charge on any atom is -0.365 e. The molecule has 7 heteroatoms. The van der Waals surface area contributed by atoms with Gasteiger partial charge in [-0.15, -0.1) is 23.7 Å². The van der Waals surface area contributed by atoms with E-state index in [1.54, 1.807) is 12.1 Å². The second-order valence-electron chi connectivity index (χ2n) is 7.09. The van der Waals surface area contributed by atoms with E-state index in [0.29, 0.717) is 16.1 Å². The average molecular weight is 442 g/mol. The molecule has 0 aliphatic carbocycles. The number of carbonyl (C=O) groups is 2. The predicted molar refractivity (Wildman–Crippen MR) is 125 cm³/mol. The van der Waals surface area contributed by atoms with Gasteiger partial charge in [0.05, 0.1) is 5.56 Å². The maximum atomic E-state index is 12.8. The smallest absolute Gasteiger partial charge is 0.256 e. The van der Waals surface area contributed by atoms with Gasteiger partial charge in [-0.2, -0.15) is 0 Å². The van der Waals surface area contributed by atoms with Crippen molar-refractivity contribution >= 4 is 40.6 Å². The van der Waals surface area contributed by atoms with E-state index >= 15 is 0 Å². The van der Waals surface area contributed by atoms with Crippen LogP contribution in [-0.2, 0) is 13.0 Å². The number of halogens is 1. The largest absolute Gasteiger partial charge is 0.365 e. The summed E-state index contributed by atoms with van der Waals surface area (Å²) < 4.78 is 0. The van der Waals surface area contributed by atoms with E-state index in [1.165, 1.54) is 11.3 Å². The van der Waals surface area contributed by atoms with Crippen LogP contribution in [0.2, 0.25) is 0 Å². The Morgan fingerprint density at radius 3 is 2.37 bits per heavy atom. The lowest BCUT2D eigenvalue weighted by Crippen LogP contribution is -2.30. The Morgan fingerprint density at radius 2 is 1.73 bits per heavy atom. The number of nitrogens with zero attached hydrogens (tertiary/aromatic N) is 1. The number of primary amides is 1. The van der Waals surface area contributed by atoms with E-state index in [2.05, 4.69) is 17.1 Å². The Kier molecular flexibility index (Phi) is 6.92. The Balaban J connectivity index is 0.00000256. The van der Waals surface area contributed by atoms with Crippen LogP contribution >= 0.6 is 23.7 Å². The highest BCUT2D eigenvalue weighted by Crippen LogP contribution is 2.37. The predicted octanol–water partition coefficient (Wildman–Crippen LogP) is 4.57. The zero-order valence-electron chi connectivity index (χ0n) is 16.7. The molecule has 1 aromatic heterocycles. The second-order valence-corrected chi connectivity index (χ2v) is 8.19. The average Bonchev–Trinajstić information content (AvgIpc) is 3.11. The van der Waals surface area contributed by atoms with Crippen molar-refractivity contribution in [1.82, 2.24) is 4.90 Å². The van der Waals surface area contributed by atoms with Crippen LogP contribution in [0.4, 0.5) is 5.00 Å². The molecule has 2 aromatic carbocycles. The van der Waals surface area contributed by atoms with E-state index in [-0.39, 0.29) is 18.3 Å². The van der Waals surface area contributed by atoms with Crippen molar-refractivity contribution in [2.24, 2.45) is 5.73 Å². The van der Waals surface area contributed by atoms with Crippen molar-refractivity contribution < 1.29 is 9.59 Å². The molecule has 2 amide bonds. The number of benzene rings is 2. The molecular weight excluding hydrogens is 418 g/mol. The maximum absolute atomic E-state index is 12.8. The Morgan fingerprint density at radius 1 is 1.07 bits per heavy atom. The lowest BCUT2D eigenvalue weighted by atomic mass is 10.0. The Bertz CT molecular complexity index is 1050. The third-order valence-corrected chi connectivity index (χ3v) is 6.44. The number of amides is 2. The Hall–Kier alpha value is -2.67. The van der Waals surface area contributed by atoms with Crippen molar-refractivity contribution in [1.29, 1.82) is 0 Å². The van der Waals surface area contributed by atoms with Crippen molar-refractivity contribution in [3.8, 4) is 11.1 Å². The summed E-state index contributed by atoms with van der Waals surface area (Å²) in [4.78, 5) is 28.3. The molecule has 0 fully saturated rings. The molecule has 0 unspecified atom stereocenters. The van der Waals surface area contributed by atoms with E-state index in [9.17, 15) is 9.59 Å². The number of fused-ring (bicyclic) bond motifs is 1. The molecule has 1 aliphatic rings. The highest BCUT2D eigenvalue weighted by molar-refractivity contribution is 7.17. The molecule has 0 atom stereocenters. The number of carbonyl (C=O) groups excluding carboxylic acids is 2. The fourth-order valence-corrected chi connectivity index (χ4v) is 4.99. The summed E-state index contributed by atoms with van der Waals surface area (Å²) in [6.07, 6.45) is 0.777. The number of thiophene rings is 1. The second kappa shape index (κ2) is 9.43. The van der Waals surface area contributed by atoms with Crippen LogP contribution in [0.15, 0.2) is 54.6 Å². The number of hydrogen-bond acceptors (Lipinski definition) is 4. The molecule has 0 saturated carbocycles. The fourth-order valence-electron chi connectivity index (χ4n) is 3.69. The first kappa shape index (κ1) is 22.0. The first-order chi connectivity index (χ1) is 14.1. The minimum absolute atomic E-state index is 0. The van der Waals surface area contributed by atoms with Gasteiger partial charge in [0, 0.05) is 23.5 Å². The van der Waals surface area contributed by atoms with Gasteiger partial charge in [-0.05, 0) is 41.8 Å². The van der Waals surface area contributed by atoms with Crippen LogP contribution in [0.3, 0.4) is 0 Å². The van der Waals surface area contributed by atoms with Crippen LogP contribution < -0.4 is 11.1 Å². The van der Waals surface area contributed by atoms with Gasteiger partial charge in [0.2, 0.25) is 0 Å². The highest BCUT2D eigenvalue weighted by Gasteiger charge is 2.27. The lowest BCUT2D eigenvalue weighted by molar-refractivity contribution is 0.1000. The molecule has 0 spiro atoms. The molecule has 0 saturated heterocycles. The number of rotatable bonds is 5. The molecule has 1 aliphatic heterocycles. The van der Waals surface area contributed by atoms with Crippen LogP contribution in [0.5, 0.6) is 0 Å². The zero-order valence-corrected chi connectivity index (χ0v) is 18.3. The maximum Gasteiger partial charge on any atom is 0.256 e.